The van der Waals surface area contributed by atoms with Crippen molar-refractivity contribution in [3.63, 3.8) is 0 Å². The van der Waals surface area contributed by atoms with Gasteiger partial charge in [0.05, 0.1) is 26.9 Å². The van der Waals surface area contributed by atoms with Gasteiger partial charge in [0.25, 0.3) is 0 Å². The molecule has 4 rings (SSSR count). The predicted octanol–water partition coefficient (Wildman–Crippen LogP) is 5.48. The van der Waals surface area contributed by atoms with Crippen LogP contribution >= 0.6 is 0 Å². The molecule has 9 heteroatoms. The molecule has 0 bridgehead atoms. The lowest BCUT2D eigenvalue weighted by molar-refractivity contribution is -0.0439. The highest BCUT2D eigenvalue weighted by Gasteiger charge is 2.34. The number of rotatable bonds is 14. The fourth-order valence-corrected chi connectivity index (χ4v) is 4.56. The molecule has 2 aliphatic rings. The lowest BCUT2D eigenvalue weighted by Crippen LogP contribution is -2.40. The molecule has 1 atom stereocenters. The number of nitrogens with zero attached hydrogens (tertiary/aromatic N) is 1. The maximum absolute atomic E-state index is 10.7. The van der Waals surface area contributed by atoms with E-state index in [-0.39, 0.29) is 0 Å². The van der Waals surface area contributed by atoms with E-state index in [1.807, 2.05) is 56.3 Å². The summed E-state index contributed by atoms with van der Waals surface area (Å²) in [6, 6.07) is 13.9. The van der Waals surface area contributed by atoms with Gasteiger partial charge in [0, 0.05) is 57.9 Å². The molecule has 0 spiro atoms. The van der Waals surface area contributed by atoms with Crippen molar-refractivity contribution in [1.29, 1.82) is 5.41 Å². The van der Waals surface area contributed by atoms with Crippen LogP contribution in [0.15, 0.2) is 48.5 Å². The van der Waals surface area contributed by atoms with Crippen molar-refractivity contribution in [2.45, 2.75) is 52.4 Å². The second kappa shape index (κ2) is 19.0. The first kappa shape index (κ1) is 35.0. The predicted molar refractivity (Wildman–Crippen MR) is 168 cm³/mol. The maximum atomic E-state index is 10.7. The molecule has 0 aromatic heterocycles. The molecule has 0 unspecified atom stereocenters. The van der Waals surface area contributed by atoms with Crippen LogP contribution in [0, 0.1) is 5.41 Å². The Morgan fingerprint density at radius 2 is 1.86 bits per heavy atom. The summed E-state index contributed by atoms with van der Waals surface area (Å²) in [6.07, 6.45) is 7.08. The van der Waals surface area contributed by atoms with Gasteiger partial charge in [0.1, 0.15) is 6.29 Å². The first-order valence-electron chi connectivity index (χ1n) is 14.7. The van der Waals surface area contributed by atoms with Crippen LogP contribution in [0.1, 0.15) is 56.5 Å². The SMILES string of the molecule is CC.COCCOCCN1CCC[C@H]1CNCC(=N)/C=C\c1ccccc1.COc1cc(C=O)cc2c1OC(C)(C)O2. The topological polar surface area (TPSA) is 102 Å². The van der Waals surface area contributed by atoms with Gasteiger partial charge in [-0.2, -0.15) is 0 Å². The summed E-state index contributed by atoms with van der Waals surface area (Å²) in [5.74, 6) is 0.895. The Balaban J connectivity index is 0.000000308. The Morgan fingerprint density at radius 1 is 1.10 bits per heavy atom. The summed E-state index contributed by atoms with van der Waals surface area (Å²) in [5.41, 5.74) is 2.24. The van der Waals surface area contributed by atoms with E-state index in [1.165, 1.54) is 20.0 Å². The van der Waals surface area contributed by atoms with Gasteiger partial charge in [-0.15, -0.1) is 0 Å². The van der Waals surface area contributed by atoms with E-state index in [9.17, 15) is 4.79 Å². The fraction of sp³-hybridized carbons (Fsp3) is 0.515. The summed E-state index contributed by atoms with van der Waals surface area (Å²) in [6.45, 7) is 13.3. The molecule has 42 heavy (non-hydrogen) atoms. The lowest BCUT2D eigenvalue weighted by Gasteiger charge is -2.24. The highest BCUT2D eigenvalue weighted by atomic mass is 16.7. The normalized spacial score (nSPS) is 16.8. The monoisotopic (exact) mass is 583 g/mol. The Kier molecular flexibility index (Phi) is 15.9. The third-order valence-electron chi connectivity index (χ3n) is 6.53. The quantitative estimate of drug-likeness (QED) is 0.171. The van der Waals surface area contributed by atoms with Crippen LogP contribution in [0.25, 0.3) is 6.08 Å². The van der Waals surface area contributed by atoms with E-state index in [0.717, 1.165) is 38.1 Å². The summed E-state index contributed by atoms with van der Waals surface area (Å²) >= 11 is 0. The van der Waals surface area contributed by atoms with Gasteiger partial charge in [-0.1, -0.05) is 50.3 Å². The Hall–Kier alpha value is -3.24. The number of ether oxygens (including phenoxy) is 5. The molecule has 2 N–H and O–H groups in total. The van der Waals surface area contributed by atoms with Gasteiger partial charge in [-0.3, -0.25) is 9.69 Å². The number of hydrogen-bond acceptors (Lipinski definition) is 9. The minimum Gasteiger partial charge on any atom is -0.493 e. The molecule has 1 saturated heterocycles. The lowest BCUT2D eigenvalue weighted by atomic mass is 10.2. The van der Waals surface area contributed by atoms with Crippen molar-refractivity contribution in [3.05, 3.63) is 59.7 Å². The van der Waals surface area contributed by atoms with E-state index in [0.29, 0.717) is 54.3 Å². The Bertz CT molecular complexity index is 1110. The maximum Gasteiger partial charge on any atom is 0.246 e. The zero-order chi connectivity index (χ0) is 30.8. The van der Waals surface area contributed by atoms with Crippen molar-refractivity contribution in [1.82, 2.24) is 10.2 Å². The van der Waals surface area contributed by atoms with Crippen LogP contribution in [0.5, 0.6) is 17.2 Å². The largest absolute Gasteiger partial charge is 0.493 e. The summed E-state index contributed by atoms with van der Waals surface area (Å²) < 4.78 is 26.8. The fourth-order valence-electron chi connectivity index (χ4n) is 4.56. The number of fused-ring (bicyclic) bond motifs is 1. The van der Waals surface area contributed by atoms with Crippen molar-refractivity contribution in [3.8, 4) is 17.2 Å². The summed E-state index contributed by atoms with van der Waals surface area (Å²) in [4.78, 5) is 13.2. The highest BCUT2D eigenvalue weighted by molar-refractivity contribution is 5.97. The third kappa shape index (κ3) is 11.9. The minimum atomic E-state index is -0.711. The summed E-state index contributed by atoms with van der Waals surface area (Å²) in [5, 5.41) is 11.5. The van der Waals surface area contributed by atoms with E-state index in [4.69, 9.17) is 29.1 Å². The average molecular weight is 584 g/mol. The zero-order valence-corrected chi connectivity index (χ0v) is 26.1. The van der Waals surface area contributed by atoms with Crippen LogP contribution in [0.3, 0.4) is 0 Å². The van der Waals surface area contributed by atoms with E-state index in [1.54, 1.807) is 33.1 Å². The van der Waals surface area contributed by atoms with Crippen molar-refractivity contribution in [2.75, 3.05) is 60.2 Å². The number of likely N-dealkylation sites (tertiary alicyclic amines) is 1. The summed E-state index contributed by atoms with van der Waals surface area (Å²) in [7, 11) is 3.22. The van der Waals surface area contributed by atoms with Crippen LogP contribution in [0.4, 0.5) is 0 Å². The number of carbonyl (C=O) groups is 1. The molecule has 232 valence electrons. The van der Waals surface area contributed by atoms with Gasteiger partial charge >= 0.3 is 0 Å². The number of nitrogens with one attached hydrogen (secondary N) is 2. The Morgan fingerprint density at radius 3 is 2.55 bits per heavy atom. The van der Waals surface area contributed by atoms with Crippen LogP contribution in [-0.4, -0.2) is 88.9 Å². The molecule has 0 aliphatic carbocycles. The molecule has 0 saturated carbocycles. The smallest absolute Gasteiger partial charge is 0.246 e. The van der Waals surface area contributed by atoms with Gasteiger partial charge in [0.15, 0.2) is 11.5 Å². The minimum absolute atomic E-state index is 0.506. The van der Waals surface area contributed by atoms with Gasteiger partial charge in [-0.05, 0) is 43.2 Å². The van der Waals surface area contributed by atoms with Crippen LogP contribution < -0.4 is 19.5 Å². The number of carbonyl (C=O) groups excluding carboxylic acids is 1. The highest BCUT2D eigenvalue weighted by Crippen LogP contribution is 2.46. The van der Waals surface area contributed by atoms with E-state index in [2.05, 4.69) is 10.2 Å². The van der Waals surface area contributed by atoms with Gasteiger partial charge in [0.2, 0.25) is 11.5 Å². The van der Waals surface area contributed by atoms with Crippen molar-refractivity contribution >= 4 is 18.1 Å². The molecule has 2 aliphatic heterocycles. The molecular weight excluding hydrogens is 534 g/mol. The third-order valence-corrected chi connectivity index (χ3v) is 6.53. The number of benzene rings is 2. The standard InChI is InChI=1S/C20H31N3O2.C11H12O4.C2H6/c1-24-14-15-25-13-12-23-11-5-8-20(23)17-22-16-19(21)10-9-18-6-3-2-4-7-18;1-11(2)14-9-5-7(6-12)4-8(13-3)10(9)15-11;1-2/h2-4,6-7,9-10,20-22H,5,8,11-17H2,1H3;4-6H,1-3H3;1-2H3/b10-9-,21-19?;;/t20-;;/m0../s1. The number of aldehydes is 1. The van der Waals surface area contributed by atoms with Gasteiger partial charge in [-0.25, -0.2) is 0 Å². The van der Waals surface area contributed by atoms with Crippen molar-refractivity contribution < 1.29 is 28.5 Å². The molecule has 0 radical (unpaired) electrons. The first-order valence-corrected chi connectivity index (χ1v) is 14.7. The zero-order valence-electron chi connectivity index (χ0n) is 26.1. The van der Waals surface area contributed by atoms with E-state index < -0.39 is 5.79 Å². The molecule has 2 aromatic carbocycles. The second-order valence-electron chi connectivity index (χ2n) is 10.1. The van der Waals surface area contributed by atoms with E-state index >= 15 is 0 Å². The molecule has 2 aromatic rings. The number of hydrogen-bond donors (Lipinski definition) is 2. The molecule has 2 heterocycles. The van der Waals surface area contributed by atoms with Gasteiger partial charge < -0.3 is 34.4 Å². The second-order valence-corrected chi connectivity index (χ2v) is 10.1. The van der Waals surface area contributed by atoms with Crippen LogP contribution in [0.2, 0.25) is 0 Å². The number of methoxy groups -OCH3 is 2. The molecule has 1 fully saturated rings. The van der Waals surface area contributed by atoms with Crippen LogP contribution in [-0.2, 0) is 9.47 Å². The molecule has 0 amide bonds. The first-order chi connectivity index (χ1) is 20.3. The molecular formula is C33H49N3O6. The average Bonchev–Trinajstić information content (AvgIpc) is 3.59. The Labute approximate surface area is 251 Å². The van der Waals surface area contributed by atoms with Crippen molar-refractivity contribution in [2.24, 2.45) is 0 Å². The molecule has 9 nitrogen and oxygen atoms in total.